The second kappa shape index (κ2) is 4.62. The van der Waals surface area contributed by atoms with E-state index >= 15 is 0 Å². The number of hydrogen-bond donors (Lipinski definition) is 2. The smallest absolute Gasteiger partial charge is 0.152 e. The summed E-state index contributed by atoms with van der Waals surface area (Å²) in [6.07, 6.45) is 3.91. The van der Waals surface area contributed by atoms with Gasteiger partial charge in [-0.15, -0.1) is 11.3 Å². The molecule has 0 spiro atoms. The third-order valence-corrected chi connectivity index (χ3v) is 7.27. The number of anilines is 1. The second-order valence-electron chi connectivity index (χ2n) is 5.71. The molecule has 1 aliphatic heterocycles. The molecule has 0 radical (unpaired) electrons. The third kappa shape index (κ3) is 2.13. The van der Waals surface area contributed by atoms with Crippen molar-refractivity contribution in [3.05, 3.63) is 16.3 Å². The molecule has 0 aromatic carbocycles. The predicted octanol–water partition coefficient (Wildman–Crippen LogP) is 1.37. The number of nitrogens with one attached hydrogen (secondary N) is 1. The highest BCUT2D eigenvalue weighted by atomic mass is 32.2. The van der Waals surface area contributed by atoms with Gasteiger partial charge in [0.1, 0.15) is 10.7 Å². The molecule has 1 fully saturated rings. The molecule has 2 aliphatic rings. The van der Waals surface area contributed by atoms with Gasteiger partial charge in [-0.05, 0) is 31.2 Å². The topological polar surface area (TPSA) is 98.0 Å². The van der Waals surface area contributed by atoms with Crippen molar-refractivity contribution >= 4 is 37.2 Å². The maximum absolute atomic E-state index is 11.7. The zero-order chi connectivity index (χ0) is 14.6. The van der Waals surface area contributed by atoms with E-state index in [1.165, 1.54) is 16.9 Å². The summed E-state index contributed by atoms with van der Waals surface area (Å²) in [5, 5.41) is 1.03. The molecule has 112 valence electrons. The minimum absolute atomic E-state index is 0.108. The fourth-order valence-corrected chi connectivity index (χ4v) is 6.31. The Balaban J connectivity index is 1.85. The summed E-state index contributed by atoms with van der Waals surface area (Å²) in [6.45, 7) is 0. The molecule has 8 heteroatoms. The lowest BCUT2D eigenvalue weighted by Gasteiger charge is -2.10. The Morgan fingerprint density at radius 2 is 2.14 bits per heavy atom. The molecular formula is C13H16N4O2S2. The van der Waals surface area contributed by atoms with Crippen LogP contribution in [0.15, 0.2) is 0 Å². The van der Waals surface area contributed by atoms with Crippen LogP contribution in [0.2, 0.25) is 0 Å². The fraction of sp³-hybridized carbons (Fsp3) is 0.538. The number of rotatable bonds is 2. The van der Waals surface area contributed by atoms with Crippen molar-refractivity contribution in [3.8, 4) is 0 Å². The average Bonchev–Trinajstić information content (AvgIpc) is 3.10. The number of nitrogens with zero attached hydrogens (tertiary/aromatic N) is 2. The van der Waals surface area contributed by atoms with E-state index in [9.17, 15) is 8.42 Å². The minimum atomic E-state index is -2.94. The van der Waals surface area contributed by atoms with Crippen LogP contribution in [0.4, 0.5) is 5.82 Å². The van der Waals surface area contributed by atoms with Crippen molar-refractivity contribution in [2.24, 2.45) is 5.84 Å². The molecule has 6 nitrogen and oxygen atoms in total. The Labute approximate surface area is 126 Å². The van der Waals surface area contributed by atoms with Gasteiger partial charge in [-0.3, -0.25) is 0 Å². The Morgan fingerprint density at radius 1 is 1.29 bits per heavy atom. The minimum Gasteiger partial charge on any atom is -0.308 e. The van der Waals surface area contributed by atoms with Gasteiger partial charge in [0.15, 0.2) is 15.7 Å². The number of fused-ring (bicyclic) bond motifs is 3. The van der Waals surface area contributed by atoms with Gasteiger partial charge < -0.3 is 5.43 Å². The van der Waals surface area contributed by atoms with E-state index in [0.717, 1.165) is 23.1 Å². The van der Waals surface area contributed by atoms with Gasteiger partial charge in [-0.25, -0.2) is 24.2 Å². The Bertz CT molecular complexity index is 828. The lowest BCUT2D eigenvalue weighted by atomic mass is 10.1. The van der Waals surface area contributed by atoms with Crippen molar-refractivity contribution in [1.29, 1.82) is 0 Å². The van der Waals surface area contributed by atoms with E-state index in [1.54, 1.807) is 11.3 Å². The van der Waals surface area contributed by atoms with Crippen LogP contribution in [0.3, 0.4) is 0 Å². The van der Waals surface area contributed by atoms with Crippen molar-refractivity contribution in [3.63, 3.8) is 0 Å². The van der Waals surface area contributed by atoms with E-state index in [0.29, 0.717) is 18.1 Å². The van der Waals surface area contributed by atoms with Gasteiger partial charge in [-0.1, -0.05) is 0 Å². The first-order chi connectivity index (χ1) is 10.1. The van der Waals surface area contributed by atoms with Gasteiger partial charge in [-0.2, -0.15) is 0 Å². The third-order valence-electron chi connectivity index (χ3n) is 4.32. The Hall–Kier alpha value is -1.25. The maximum atomic E-state index is 11.7. The summed E-state index contributed by atoms with van der Waals surface area (Å²) in [5.74, 6) is 7.15. The zero-order valence-corrected chi connectivity index (χ0v) is 13.1. The number of nitrogens with two attached hydrogens (primary N) is 1. The number of thiophene rings is 1. The van der Waals surface area contributed by atoms with E-state index < -0.39 is 9.84 Å². The SMILES string of the molecule is NNc1nc(C2CCS(=O)(=O)C2)nc2sc3c(c12)CCC3. The first-order valence-corrected chi connectivity index (χ1v) is 9.70. The Morgan fingerprint density at radius 3 is 2.86 bits per heavy atom. The summed E-state index contributed by atoms with van der Waals surface area (Å²) < 4.78 is 23.3. The molecule has 1 aliphatic carbocycles. The van der Waals surface area contributed by atoms with Crippen molar-refractivity contribution in [1.82, 2.24) is 9.97 Å². The Kier molecular flexibility index (Phi) is 2.95. The van der Waals surface area contributed by atoms with Crippen LogP contribution in [-0.2, 0) is 22.7 Å². The molecule has 3 N–H and O–H groups in total. The largest absolute Gasteiger partial charge is 0.308 e. The highest BCUT2D eigenvalue weighted by Gasteiger charge is 2.32. The van der Waals surface area contributed by atoms with Crippen LogP contribution in [0, 0.1) is 0 Å². The average molecular weight is 324 g/mol. The number of nitrogen functional groups attached to an aromatic ring is 1. The van der Waals surface area contributed by atoms with Crippen molar-refractivity contribution in [2.45, 2.75) is 31.6 Å². The fourth-order valence-electron chi connectivity index (χ4n) is 3.30. The molecule has 21 heavy (non-hydrogen) atoms. The number of hydrazine groups is 1. The standard InChI is InChI=1S/C13H16N4O2S2/c14-17-12-10-8-2-1-3-9(8)20-13(10)16-11(15-12)7-4-5-21(18,19)6-7/h7H,1-6,14H2,(H,15,16,17). The number of aryl methyl sites for hydroxylation is 2. The van der Waals surface area contributed by atoms with Gasteiger partial charge in [0, 0.05) is 10.8 Å². The molecular weight excluding hydrogens is 308 g/mol. The van der Waals surface area contributed by atoms with Crippen molar-refractivity contribution < 1.29 is 8.42 Å². The first-order valence-electron chi connectivity index (χ1n) is 7.06. The van der Waals surface area contributed by atoms with Crippen LogP contribution >= 0.6 is 11.3 Å². The molecule has 2 aromatic rings. The van der Waals surface area contributed by atoms with Crippen LogP contribution in [0.25, 0.3) is 10.2 Å². The van der Waals surface area contributed by atoms with E-state index in [-0.39, 0.29) is 17.4 Å². The second-order valence-corrected chi connectivity index (χ2v) is 9.02. The molecule has 2 aromatic heterocycles. The van der Waals surface area contributed by atoms with E-state index in [2.05, 4.69) is 15.4 Å². The summed E-state index contributed by atoms with van der Waals surface area (Å²) in [6, 6.07) is 0. The van der Waals surface area contributed by atoms with Gasteiger partial charge >= 0.3 is 0 Å². The molecule has 1 unspecified atom stereocenters. The van der Waals surface area contributed by atoms with Gasteiger partial charge in [0.2, 0.25) is 0 Å². The molecule has 0 saturated carbocycles. The highest BCUT2D eigenvalue weighted by Crippen LogP contribution is 2.40. The number of sulfone groups is 1. The number of aromatic nitrogens is 2. The first kappa shape index (κ1) is 13.4. The normalized spacial score (nSPS) is 23.6. The molecule has 0 amide bonds. The van der Waals surface area contributed by atoms with Crippen molar-refractivity contribution in [2.75, 3.05) is 16.9 Å². The van der Waals surface area contributed by atoms with Gasteiger partial charge in [0.25, 0.3) is 0 Å². The molecule has 3 heterocycles. The van der Waals surface area contributed by atoms with Crippen LogP contribution in [0.1, 0.15) is 35.0 Å². The van der Waals surface area contributed by atoms with E-state index in [1.807, 2.05) is 0 Å². The maximum Gasteiger partial charge on any atom is 0.152 e. The number of hydrogen-bond acceptors (Lipinski definition) is 7. The van der Waals surface area contributed by atoms with E-state index in [4.69, 9.17) is 5.84 Å². The summed E-state index contributed by atoms with van der Waals surface area (Å²) >= 11 is 1.69. The summed E-state index contributed by atoms with van der Waals surface area (Å²) in [4.78, 5) is 11.5. The van der Waals surface area contributed by atoms with Crippen LogP contribution in [-0.4, -0.2) is 29.9 Å². The molecule has 0 bridgehead atoms. The quantitative estimate of drug-likeness (QED) is 0.639. The highest BCUT2D eigenvalue weighted by molar-refractivity contribution is 7.91. The van der Waals surface area contributed by atoms with Crippen LogP contribution in [0.5, 0.6) is 0 Å². The lowest BCUT2D eigenvalue weighted by Crippen LogP contribution is -2.13. The zero-order valence-electron chi connectivity index (χ0n) is 11.4. The molecule has 1 saturated heterocycles. The monoisotopic (exact) mass is 324 g/mol. The lowest BCUT2D eigenvalue weighted by molar-refractivity contribution is 0.601. The van der Waals surface area contributed by atoms with Crippen LogP contribution < -0.4 is 11.3 Å². The summed E-state index contributed by atoms with van der Waals surface area (Å²) in [7, 11) is -2.94. The summed E-state index contributed by atoms with van der Waals surface area (Å²) in [5.41, 5.74) is 3.99. The molecule has 1 atom stereocenters. The molecule has 4 rings (SSSR count). The van der Waals surface area contributed by atoms with Gasteiger partial charge in [0.05, 0.1) is 16.9 Å². The predicted molar refractivity (Wildman–Crippen MR) is 83.3 cm³/mol.